The van der Waals surface area contributed by atoms with Crippen molar-refractivity contribution in [2.75, 3.05) is 0 Å². The molecule has 1 saturated carbocycles. The van der Waals surface area contributed by atoms with E-state index in [0.717, 1.165) is 18.4 Å². The van der Waals surface area contributed by atoms with Crippen molar-refractivity contribution in [2.24, 2.45) is 0 Å². The quantitative estimate of drug-likeness (QED) is 0.723. The molecule has 4 rings (SSSR count). The van der Waals surface area contributed by atoms with Crippen LogP contribution in [-0.2, 0) is 5.41 Å². The highest BCUT2D eigenvalue weighted by molar-refractivity contribution is 5.92. The maximum atomic E-state index is 10.7. The molecule has 2 aliphatic carbocycles. The summed E-state index contributed by atoms with van der Waals surface area (Å²) in [7, 11) is 0. The van der Waals surface area contributed by atoms with Crippen molar-refractivity contribution < 1.29 is 5.11 Å². The molecule has 17 heavy (non-hydrogen) atoms. The monoisotopic (exact) mass is 224 g/mol. The number of benzene rings is 2. The van der Waals surface area contributed by atoms with E-state index < -0.39 is 0 Å². The minimum Gasteiger partial charge on any atom is -0.387 e. The molecule has 1 unspecified atom stereocenters. The van der Waals surface area contributed by atoms with E-state index in [1.165, 1.54) is 29.2 Å². The van der Waals surface area contributed by atoms with Crippen molar-refractivity contribution in [1.82, 2.24) is 0 Å². The Morgan fingerprint density at radius 1 is 1.00 bits per heavy atom. The van der Waals surface area contributed by atoms with E-state index in [4.69, 9.17) is 0 Å². The lowest BCUT2D eigenvalue weighted by Crippen LogP contribution is -2.26. The summed E-state index contributed by atoms with van der Waals surface area (Å²) in [6.07, 6.45) is 4.50. The van der Waals surface area contributed by atoms with Crippen molar-refractivity contribution in [2.45, 2.75) is 37.2 Å². The number of aliphatic hydroxyl groups is 1. The molecule has 1 spiro atoms. The normalized spacial score (nSPS) is 24.9. The van der Waals surface area contributed by atoms with Crippen LogP contribution >= 0.6 is 0 Å². The standard InChI is InChI=1S/C16H16O/c17-15-12-7-3-5-11-6-4-8-13(14(11)12)16(15)9-1-2-10-16/h3-8,15,17H,1-2,9-10H2. The summed E-state index contributed by atoms with van der Waals surface area (Å²) in [5, 5.41) is 13.3. The molecule has 86 valence electrons. The van der Waals surface area contributed by atoms with Crippen molar-refractivity contribution >= 4 is 10.8 Å². The summed E-state index contributed by atoms with van der Waals surface area (Å²) in [6.45, 7) is 0. The van der Waals surface area contributed by atoms with Crippen LogP contribution in [0.4, 0.5) is 0 Å². The minimum absolute atomic E-state index is 0.0309. The van der Waals surface area contributed by atoms with E-state index in [9.17, 15) is 5.11 Å². The molecular weight excluding hydrogens is 208 g/mol. The second kappa shape index (κ2) is 3.11. The third kappa shape index (κ3) is 1.03. The fourth-order valence-corrected chi connectivity index (χ4v) is 4.01. The lowest BCUT2D eigenvalue weighted by molar-refractivity contribution is 0.0916. The zero-order valence-corrected chi connectivity index (χ0v) is 9.82. The first kappa shape index (κ1) is 9.67. The van der Waals surface area contributed by atoms with Gasteiger partial charge in [-0.05, 0) is 34.7 Å². The Kier molecular flexibility index (Phi) is 1.77. The van der Waals surface area contributed by atoms with E-state index >= 15 is 0 Å². The van der Waals surface area contributed by atoms with Gasteiger partial charge in [0.1, 0.15) is 0 Å². The Morgan fingerprint density at radius 2 is 1.71 bits per heavy atom. The molecule has 0 saturated heterocycles. The lowest BCUT2D eigenvalue weighted by Gasteiger charge is -2.29. The van der Waals surface area contributed by atoms with Crippen LogP contribution in [0.5, 0.6) is 0 Å². The average Bonchev–Trinajstić information content (AvgIpc) is 2.94. The predicted octanol–water partition coefficient (Wildman–Crippen LogP) is 3.70. The van der Waals surface area contributed by atoms with Gasteiger partial charge in [-0.25, -0.2) is 0 Å². The molecule has 1 atom stereocenters. The van der Waals surface area contributed by atoms with Crippen molar-refractivity contribution in [3.8, 4) is 0 Å². The molecule has 0 radical (unpaired) electrons. The van der Waals surface area contributed by atoms with E-state index in [2.05, 4.69) is 36.4 Å². The van der Waals surface area contributed by atoms with Crippen LogP contribution in [0, 0.1) is 0 Å². The first-order valence-electron chi connectivity index (χ1n) is 6.53. The van der Waals surface area contributed by atoms with Gasteiger partial charge in [0.15, 0.2) is 0 Å². The number of hydrogen-bond acceptors (Lipinski definition) is 1. The third-order valence-electron chi connectivity index (χ3n) is 4.79. The highest BCUT2D eigenvalue weighted by Crippen LogP contribution is 2.57. The largest absolute Gasteiger partial charge is 0.387 e. The molecular formula is C16H16O. The molecule has 2 aromatic carbocycles. The van der Waals surface area contributed by atoms with Gasteiger partial charge in [-0.15, -0.1) is 0 Å². The predicted molar refractivity (Wildman–Crippen MR) is 69.1 cm³/mol. The van der Waals surface area contributed by atoms with Crippen LogP contribution in [0.3, 0.4) is 0 Å². The zero-order valence-electron chi connectivity index (χ0n) is 9.82. The van der Waals surface area contributed by atoms with Crippen LogP contribution in [0.25, 0.3) is 10.8 Å². The smallest absolute Gasteiger partial charge is 0.0892 e. The zero-order chi connectivity index (χ0) is 11.5. The summed E-state index contributed by atoms with van der Waals surface area (Å²) < 4.78 is 0. The highest BCUT2D eigenvalue weighted by Gasteiger charge is 2.48. The van der Waals surface area contributed by atoms with Crippen LogP contribution < -0.4 is 0 Å². The van der Waals surface area contributed by atoms with E-state index in [-0.39, 0.29) is 11.5 Å². The Hall–Kier alpha value is -1.34. The van der Waals surface area contributed by atoms with Gasteiger partial charge < -0.3 is 5.11 Å². The van der Waals surface area contributed by atoms with Crippen LogP contribution in [0.2, 0.25) is 0 Å². The number of aliphatic hydroxyl groups excluding tert-OH is 1. The minimum atomic E-state index is -0.286. The van der Waals surface area contributed by atoms with E-state index in [1.54, 1.807) is 0 Å². The SMILES string of the molecule is OC1c2cccc3cccc(c23)C12CCCC2. The molecule has 0 amide bonds. The summed E-state index contributed by atoms with van der Waals surface area (Å²) in [4.78, 5) is 0. The molecule has 0 aliphatic heterocycles. The van der Waals surface area contributed by atoms with Gasteiger partial charge >= 0.3 is 0 Å². The van der Waals surface area contributed by atoms with Gasteiger partial charge in [-0.1, -0.05) is 49.2 Å². The fraction of sp³-hybridized carbons (Fsp3) is 0.375. The first-order valence-corrected chi connectivity index (χ1v) is 6.53. The molecule has 0 heterocycles. The summed E-state index contributed by atoms with van der Waals surface area (Å²) in [5.41, 5.74) is 2.58. The lowest BCUT2D eigenvalue weighted by atomic mass is 9.77. The van der Waals surface area contributed by atoms with E-state index in [0.29, 0.717) is 0 Å². The molecule has 1 fully saturated rings. The van der Waals surface area contributed by atoms with Crippen LogP contribution in [0.15, 0.2) is 36.4 Å². The molecule has 2 aromatic rings. The van der Waals surface area contributed by atoms with Crippen LogP contribution in [0.1, 0.15) is 42.9 Å². The third-order valence-corrected chi connectivity index (χ3v) is 4.79. The number of rotatable bonds is 0. The molecule has 0 aromatic heterocycles. The molecule has 0 bridgehead atoms. The second-order valence-electron chi connectivity index (χ2n) is 5.52. The fourth-order valence-electron chi connectivity index (χ4n) is 4.01. The van der Waals surface area contributed by atoms with Gasteiger partial charge in [0.05, 0.1) is 6.10 Å². The Balaban J connectivity index is 2.11. The van der Waals surface area contributed by atoms with Gasteiger partial charge in [-0.2, -0.15) is 0 Å². The number of hydrogen-bond donors (Lipinski definition) is 1. The van der Waals surface area contributed by atoms with Gasteiger partial charge in [0, 0.05) is 5.41 Å². The van der Waals surface area contributed by atoms with E-state index in [1.807, 2.05) is 0 Å². The Morgan fingerprint density at radius 3 is 2.47 bits per heavy atom. The molecule has 1 N–H and O–H groups in total. The Bertz CT molecular complexity index is 588. The van der Waals surface area contributed by atoms with Gasteiger partial charge in [0.2, 0.25) is 0 Å². The van der Waals surface area contributed by atoms with Crippen molar-refractivity contribution in [3.05, 3.63) is 47.5 Å². The maximum absolute atomic E-state index is 10.7. The Labute approximate surface area is 101 Å². The average molecular weight is 224 g/mol. The molecule has 1 nitrogen and oxygen atoms in total. The first-order chi connectivity index (χ1) is 8.33. The van der Waals surface area contributed by atoms with Crippen LogP contribution in [-0.4, -0.2) is 5.11 Å². The molecule has 1 heteroatoms. The maximum Gasteiger partial charge on any atom is 0.0892 e. The van der Waals surface area contributed by atoms with Crippen molar-refractivity contribution in [3.63, 3.8) is 0 Å². The summed E-state index contributed by atoms with van der Waals surface area (Å²) in [5.74, 6) is 0. The summed E-state index contributed by atoms with van der Waals surface area (Å²) >= 11 is 0. The topological polar surface area (TPSA) is 20.2 Å². The second-order valence-corrected chi connectivity index (χ2v) is 5.52. The highest BCUT2D eigenvalue weighted by atomic mass is 16.3. The van der Waals surface area contributed by atoms with Gasteiger partial charge in [-0.3, -0.25) is 0 Å². The van der Waals surface area contributed by atoms with Gasteiger partial charge in [0.25, 0.3) is 0 Å². The van der Waals surface area contributed by atoms with Crippen molar-refractivity contribution in [1.29, 1.82) is 0 Å². The summed E-state index contributed by atoms with van der Waals surface area (Å²) in [6, 6.07) is 12.8. The molecule has 2 aliphatic rings. The number of fused-ring (bicyclic) bond motifs is 1.